The molecule has 0 saturated heterocycles. The lowest BCUT2D eigenvalue weighted by atomic mass is 9.84. The van der Waals surface area contributed by atoms with Crippen LogP contribution in [-0.2, 0) is 0 Å². The maximum Gasteiger partial charge on any atom is 0.00660 e. The number of halogens is 1. The van der Waals surface area contributed by atoms with Gasteiger partial charge in [-0.05, 0) is 56.8 Å². The zero-order valence-corrected chi connectivity index (χ0v) is 10.7. The van der Waals surface area contributed by atoms with Gasteiger partial charge in [-0.1, -0.05) is 34.0 Å². The van der Waals surface area contributed by atoms with E-state index in [1.54, 1.807) is 12.0 Å². The largest absolute Gasteiger partial charge is 0.0925 e. The smallest absolute Gasteiger partial charge is 0.00660 e. The maximum absolute atomic E-state index is 3.48. The Kier molecular flexibility index (Phi) is 3.70. The van der Waals surface area contributed by atoms with Crippen LogP contribution in [0.4, 0.5) is 0 Å². The third-order valence-corrected chi connectivity index (χ3v) is 4.53. The molecule has 3 atom stereocenters. The van der Waals surface area contributed by atoms with Crippen molar-refractivity contribution >= 4 is 15.9 Å². The highest BCUT2D eigenvalue weighted by Crippen LogP contribution is 2.50. The average molecular weight is 257 g/mol. The quantitative estimate of drug-likeness (QED) is 0.512. The Bertz CT molecular complexity index is 219. The molecule has 14 heavy (non-hydrogen) atoms. The Labute approximate surface area is 96.3 Å². The van der Waals surface area contributed by atoms with Gasteiger partial charge >= 0.3 is 0 Å². The van der Waals surface area contributed by atoms with Gasteiger partial charge in [-0.25, -0.2) is 0 Å². The predicted molar refractivity (Wildman–Crippen MR) is 65.7 cm³/mol. The second kappa shape index (κ2) is 4.83. The fraction of sp³-hybridized carbons (Fsp3) is 0.846. The Morgan fingerprint density at radius 1 is 1.36 bits per heavy atom. The summed E-state index contributed by atoms with van der Waals surface area (Å²) in [6.45, 7) is 2.31. The van der Waals surface area contributed by atoms with Crippen molar-refractivity contribution in [2.24, 2.45) is 17.8 Å². The summed E-state index contributed by atoms with van der Waals surface area (Å²) in [5.41, 5.74) is 1.63. The Morgan fingerprint density at radius 3 is 2.79 bits per heavy atom. The van der Waals surface area contributed by atoms with Crippen LogP contribution in [0.1, 0.15) is 45.4 Å². The molecule has 1 heteroatoms. The molecule has 80 valence electrons. The summed E-state index contributed by atoms with van der Waals surface area (Å²) in [4.78, 5) is 0. The lowest BCUT2D eigenvalue weighted by Gasteiger charge is -2.21. The van der Waals surface area contributed by atoms with Crippen LogP contribution in [0.2, 0.25) is 0 Å². The molecular weight excluding hydrogens is 236 g/mol. The monoisotopic (exact) mass is 256 g/mol. The molecule has 2 fully saturated rings. The lowest BCUT2D eigenvalue weighted by Crippen LogP contribution is -2.10. The molecule has 0 aromatic heterocycles. The van der Waals surface area contributed by atoms with Crippen LogP contribution in [0, 0.1) is 17.8 Å². The summed E-state index contributed by atoms with van der Waals surface area (Å²) in [5.74, 6) is 3.24. The minimum atomic E-state index is 1.04. The van der Waals surface area contributed by atoms with Crippen molar-refractivity contribution in [3.63, 3.8) is 0 Å². The third-order valence-electron chi connectivity index (χ3n) is 4.07. The van der Waals surface area contributed by atoms with Crippen LogP contribution in [0.25, 0.3) is 0 Å². The summed E-state index contributed by atoms with van der Waals surface area (Å²) < 4.78 is 0. The molecule has 3 unspecified atom stereocenters. The average Bonchev–Trinajstić information content (AvgIpc) is 2.76. The lowest BCUT2D eigenvalue weighted by molar-refractivity contribution is 0.331. The molecular formula is C13H21Br. The summed E-state index contributed by atoms with van der Waals surface area (Å²) in [7, 11) is 0. The molecule has 2 bridgehead atoms. The standard InChI is InChI=1S/C13H21Br/c1-10(3-2-6-14)7-13-9-11-4-5-12(13)8-11/h3,11-13H,2,4-9H2,1H3. The molecule has 2 saturated carbocycles. The minimum Gasteiger partial charge on any atom is -0.0925 e. The van der Waals surface area contributed by atoms with E-state index in [1.807, 2.05) is 0 Å². The van der Waals surface area contributed by atoms with Gasteiger partial charge in [0, 0.05) is 5.33 Å². The van der Waals surface area contributed by atoms with Crippen LogP contribution in [-0.4, -0.2) is 5.33 Å². The molecule has 2 aliphatic carbocycles. The van der Waals surface area contributed by atoms with Crippen LogP contribution in [0.5, 0.6) is 0 Å². The number of fused-ring (bicyclic) bond motifs is 2. The number of rotatable bonds is 4. The van der Waals surface area contributed by atoms with E-state index in [4.69, 9.17) is 0 Å². The molecule has 0 aromatic carbocycles. The highest BCUT2D eigenvalue weighted by atomic mass is 79.9. The molecule has 0 heterocycles. The predicted octanol–water partition coefficient (Wildman–Crippen LogP) is 4.54. The van der Waals surface area contributed by atoms with Gasteiger partial charge in [0.25, 0.3) is 0 Å². The first kappa shape index (κ1) is 10.7. The van der Waals surface area contributed by atoms with Crippen LogP contribution in [0.3, 0.4) is 0 Å². The second-order valence-corrected chi connectivity index (χ2v) is 5.96. The van der Waals surface area contributed by atoms with Gasteiger partial charge in [0.1, 0.15) is 0 Å². The van der Waals surface area contributed by atoms with Gasteiger partial charge < -0.3 is 0 Å². The van der Waals surface area contributed by atoms with Crippen molar-refractivity contribution in [3.8, 4) is 0 Å². The van der Waals surface area contributed by atoms with E-state index in [0.29, 0.717) is 0 Å². The zero-order chi connectivity index (χ0) is 9.97. The van der Waals surface area contributed by atoms with E-state index in [1.165, 1.54) is 32.1 Å². The van der Waals surface area contributed by atoms with Gasteiger partial charge in [0.15, 0.2) is 0 Å². The van der Waals surface area contributed by atoms with Crippen LogP contribution in [0.15, 0.2) is 11.6 Å². The second-order valence-electron chi connectivity index (χ2n) is 5.17. The van der Waals surface area contributed by atoms with E-state index in [9.17, 15) is 0 Å². The number of hydrogen-bond donors (Lipinski definition) is 0. The third kappa shape index (κ3) is 2.42. The van der Waals surface area contributed by atoms with E-state index in [0.717, 1.165) is 23.1 Å². The molecule has 0 aliphatic heterocycles. The molecule has 0 spiro atoms. The molecule has 0 amide bonds. The summed E-state index contributed by atoms with van der Waals surface area (Å²) in [6, 6.07) is 0. The van der Waals surface area contributed by atoms with Crippen molar-refractivity contribution in [1.82, 2.24) is 0 Å². The minimum absolute atomic E-state index is 1.04. The van der Waals surface area contributed by atoms with E-state index in [-0.39, 0.29) is 0 Å². The van der Waals surface area contributed by atoms with Crippen molar-refractivity contribution in [2.45, 2.75) is 45.4 Å². The van der Waals surface area contributed by atoms with Crippen LogP contribution >= 0.6 is 15.9 Å². The normalized spacial score (nSPS) is 36.7. The first-order chi connectivity index (χ1) is 6.79. The molecule has 0 radical (unpaired) electrons. The topological polar surface area (TPSA) is 0 Å². The van der Waals surface area contributed by atoms with E-state index in [2.05, 4.69) is 28.9 Å². The zero-order valence-electron chi connectivity index (χ0n) is 9.14. The highest BCUT2D eigenvalue weighted by molar-refractivity contribution is 9.09. The first-order valence-electron chi connectivity index (χ1n) is 6.01. The highest BCUT2D eigenvalue weighted by Gasteiger charge is 2.38. The Balaban J connectivity index is 1.80. The summed E-state index contributed by atoms with van der Waals surface area (Å²) in [6.07, 6.45) is 11.1. The first-order valence-corrected chi connectivity index (χ1v) is 7.13. The van der Waals surface area contributed by atoms with E-state index < -0.39 is 0 Å². The molecule has 2 aliphatic rings. The van der Waals surface area contributed by atoms with Gasteiger partial charge in [-0.3, -0.25) is 0 Å². The van der Waals surface area contributed by atoms with Gasteiger partial charge in [0.05, 0.1) is 0 Å². The van der Waals surface area contributed by atoms with Gasteiger partial charge in [0.2, 0.25) is 0 Å². The SMILES string of the molecule is CC(=CCCBr)CC1CC2CCC1C2. The van der Waals surface area contributed by atoms with E-state index >= 15 is 0 Å². The number of hydrogen-bond acceptors (Lipinski definition) is 0. The number of allylic oxidation sites excluding steroid dienone is 2. The Morgan fingerprint density at radius 2 is 2.21 bits per heavy atom. The van der Waals surface area contributed by atoms with Crippen molar-refractivity contribution < 1.29 is 0 Å². The summed E-state index contributed by atoms with van der Waals surface area (Å²) >= 11 is 3.48. The molecule has 0 aromatic rings. The molecule has 0 N–H and O–H groups in total. The summed E-state index contributed by atoms with van der Waals surface area (Å²) in [5, 5.41) is 1.11. The van der Waals surface area contributed by atoms with Gasteiger partial charge in [-0.15, -0.1) is 0 Å². The number of alkyl halides is 1. The van der Waals surface area contributed by atoms with Crippen LogP contribution < -0.4 is 0 Å². The molecule has 2 rings (SSSR count). The maximum atomic E-state index is 3.48. The van der Waals surface area contributed by atoms with Crippen molar-refractivity contribution in [3.05, 3.63) is 11.6 Å². The van der Waals surface area contributed by atoms with Crippen molar-refractivity contribution in [2.75, 3.05) is 5.33 Å². The van der Waals surface area contributed by atoms with Gasteiger partial charge in [-0.2, -0.15) is 0 Å². The van der Waals surface area contributed by atoms with Crippen molar-refractivity contribution in [1.29, 1.82) is 0 Å². The fourth-order valence-corrected chi connectivity index (χ4v) is 3.65. The Hall–Kier alpha value is 0.220. The fourth-order valence-electron chi connectivity index (χ4n) is 3.42. The molecule has 0 nitrogen and oxygen atoms in total.